The Kier molecular flexibility index (Phi) is 2.55. The zero-order valence-corrected chi connectivity index (χ0v) is 8.11. The molecule has 0 saturated carbocycles. The molecule has 3 N–H and O–H groups in total. The molecule has 0 fully saturated rings. The summed E-state index contributed by atoms with van der Waals surface area (Å²) in [5, 5.41) is 0. The van der Waals surface area contributed by atoms with Crippen molar-refractivity contribution in [2.24, 2.45) is 0 Å². The molecule has 0 atom stereocenters. The van der Waals surface area contributed by atoms with Crippen molar-refractivity contribution in [3.63, 3.8) is 0 Å². The number of halogens is 1. The first-order chi connectivity index (χ1) is 7.66. The van der Waals surface area contributed by atoms with Gasteiger partial charge in [-0.2, -0.15) is 0 Å². The van der Waals surface area contributed by atoms with Gasteiger partial charge in [0.15, 0.2) is 5.69 Å². The van der Waals surface area contributed by atoms with Crippen LogP contribution in [0.1, 0.15) is 0 Å². The molecule has 82 valence electrons. The Bertz CT molecular complexity index is 551. The first-order valence-corrected chi connectivity index (χ1v) is 4.43. The molecule has 1 aromatic carbocycles. The highest BCUT2D eigenvalue weighted by molar-refractivity contribution is 5.46. The molecule has 2 rings (SSSR count). The van der Waals surface area contributed by atoms with E-state index in [2.05, 4.69) is 9.97 Å². The summed E-state index contributed by atoms with van der Waals surface area (Å²) in [6.07, 6.45) is 1.18. The molecule has 0 aliphatic rings. The van der Waals surface area contributed by atoms with E-state index in [1.165, 1.54) is 30.6 Å². The number of ether oxygens (including phenoxy) is 1. The Morgan fingerprint density at radius 1 is 1.31 bits per heavy atom. The van der Waals surface area contributed by atoms with Crippen molar-refractivity contribution in [2.75, 3.05) is 5.73 Å². The number of nitrogens with one attached hydrogen (secondary N) is 1. The van der Waals surface area contributed by atoms with Gasteiger partial charge in [-0.1, -0.05) is 0 Å². The molecule has 2 aromatic rings. The highest BCUT2D eigenvalue weighted by atomic mass is 19.1. The lowest BCUT2D eigenvalue weighted by Gasteiger charge is -2.05. The molecule has 0 unspecified atom stereocenters. The maximum Gasteiger partial charge on any atom is 0.277 e. The van der Waals surface area contributed by atoms with Crippen LogP contribution < -0.4 is 16.0 Å². The van der Waals surface area contributed by atoms with Crippen LogP contribution in [0.5, 0.6) is 11.6 Å². The van der Waals surface area contributed by atoms with Gasteiger partial charge in [0.1, 0.15) is 11.6 Å². The molecule has 0 amide bonds. The van der Waals surface area contributed by atoms with Crippen LogP contribution in [0.25, 0.3) is 0 Å². The third kappa shape index (κ3) is 2.00. The summed E-state index contributed by atoms with van der Waals surface area (Å²) >= 11 is 0. The van der Waals surface area contributed by atoms with Crippen LogP contribution in [-0.2, 0) is 0 Å². The number of nitrogens with zero attached hydrogens (tertiary/aromatic N) is 1. The van der Waals surface area contributed by atoms with Crippen LogP contribution in [0.2, 0.25) is 0 Å². The standard InChI is InChI=1S/C10H8FN3O2/c11-6-1-3-7(4-2-6)16-10-8(12)9(15)13-5-14-10/h1-5H,12H2,(H,13,14,15). The number of H-pyrrole nitrogens is 1. The molecule has 16 heavy (non-hydrogen) atoms. The predicted octanol–water partition coefficient (Wildman–Crippen LogP) is 1.28. The van der Waals surface area contributed by atoms with Gasteiger partial charge in [-0.25, -0.2) is 9.37 Å². The van der Waals surface area contributed by atoms with Gasteiger partial charge in [0.25, 0.3) is 5.56 Å². The number of benzene rings is 1. The van der Waals surface area contributed by atoms with Crippen molar-refractivity contribution in [3.8, 4) is 11.6 Å². The third-order valence-corrected chi connectivity index (χ3v) is 1.88. The van der Waals surface area contributed by atoms with Crippen LogP contribution in [0.3, 0.4) is 0 Å². The molecular weight excluding hydrogens is 213 g/mol. The summed E-state index contributed by atoms with van der Waals surface area (Å²) < 4.78 is 17.8. The summed E-state index contributed by atoms with van der Waals surface area (Å²) in [6, 6.07) is 5.30. The molecule has 0 aliphatic heterocycles. The maximum atomic E-state index is 12.6. The smallest absolute Gasteiger partial charge is 0.277 e. The van der Waals surface area contributed by atoms with E-state index in [1.54, 1.807) is 0 Å². The first kappa shape index (κ1) is 10.2. The Hall–Kier alpha value is -2.37. The van der Waals surface area contributed by atoms with Crippen LogP contribution in [-0.4, -0.2) is 9.97 Å². The third-order valence-electron chi connectivity index (χ3n) is 1.88. The van der Waals surface area contributed by atoms with Gasteiger partial charge in [0.05, 0.1) is 6.33 Å². The molecule has 0 bridgehead atoms. The maximum absolute atomic E-state index is 12.6. The van der Waals surface area contributed by atoms with E-state index in [0.29, 0.717) is 5.75 Å². The zero-order valence-electron chi connectivity index (χ0n) is 8.11. The monoisotopic (exact) mass is 221 g/mol. The van der Waals surface area contributed by atoms with Crippen molar-refractivity contribution < 1.29 is 9.13 Å². The molecule has 1 aromatic heterocycles. The lowest BCUT2D eigenvalue weighted by atomic mass is 10.3. The number of rotatable bonds is 2. The molecule has 0 saturated heterocycles. The quantitative estimate of drug-likeness (QED) is 0.800. The second-order valence-electron chi connectivity index (χ2n) is 3.01. The van der Waals surface area contributed by atoms with E-state index < -0.39 is 5.56 Å². The van der Waals surface area contributed by atoms with Crippen LogP contribution in [0, 0.1) is 5.82 Å². The first-order valence-electron chi connectivity index (χ1n) is 4.43. The van der Waals surface area contributed by atoms with Crippen LogP contribution in [0.15, 0.2) is 35.4 Å². The fourth-order valence-electron chi connectivity index (χ4n) is 1.09. The minimum atomic E-state index is -0.480. The molecule has 6 heteroatoms. The van der Waals surface area contributed by atoms with E-state index in [4.69, 9.17) is 10.5 Å². The Balaban J connectivity index is 2.30. The topological polar surface area (TPSA) is 81.0 Å². The van der Waals surface area contributed by atoms with Crippen LogP contribution in [0.4, 0.5) is 10.1 Å². The normalized spacial score (nSPS) is 10.1. The van der Waals surface area contributed by atoms with Gasteiger partial charge in [-0.05, 0) is 24.3 Å². The average Bonchev–Trinajstić information content (AvgIpc) is 2.28. The van der Waals surface area contributed by atoms with Crippen molar-refractivity contribution in [2.45, 2.75) is 0 Å². The molecular formula is C10H8FN3O2. The second kappa shape index (κ2) is 4.01. The van der Waals surface area contributed by atoms with Crippen LogP contribution >= 0.6 is 0 Å². The molecule has 1 heterocycles. The van der Waals surface area contributed by atoms with E-state index >= 15 is 0 Å². The van der Waals surface area contributed by atoms with Gasteiger partial charge in [-0.15, -0.1) is 0 Å². The predicted molar refractivity (Wildman–Crippen MR) is 55.7 cm³/mol. The number of aromatic amines is 1. The number of nitrogens with two attached hydrogens (primary N) is 1. The van der Waals surface area contributed by atoms with Gasteiger partial charge in [-0.3, -0.25) is 4.79 Å². The average molecular weight is 221 g/mol. The largest absolute Gasteiger partial charge is 0.437 e. The number of hydrogen-bond donors (Lipinski definition) is 2. The summed E-state index contributed by atoms with van der Waals surface area (Å²) in [7, 11) is 0. The minimum Gasteiger partial charge on any atom is -0.437 e. The molecule has 0 radical (unpaired) electrons. The summed E-state index contributed by atoms with van der Waals surface area (Å²) in [4.78, 5) is 17.2. The Morgan fingerprint density at radius 2 is 2.00 bits per heavy atom. The summed E-state index contributed by atoms with van der Waals surface area (Å²) in [6.45, 7) is 0. The number of hydrogen-bond acceptors (Lipinski definition) is 4. The highest BCUT2D eigenvalue weighted by Crippen LogP contribution is 2.21. The number of anilines is 1. The fraction of sp³-hybridized carbons (Fsp3) is 0. The minimum absolute atomic E-state index is 0.00430. The Morgan fingerprint density at radius 3 is 2.69 bits per heavy atom. The van der Waals surface area contributed by atoms with Crippen molar-refractivity contribution >= 4 is 5.69 Å². The number of aromatic nitrogens is 2. The summed E-state index contributed by atoms with van der Waals surface area (Å²) in [5.41, 5.74) is 4.86. The molecule has 5 nitrogen and oxygen atoms in total. The molecule has 0 aliphatic carbocycles. The van der Waals surface area contributed by atoms with Crippen molar-refractivity contribution in [1.29, 1.82) is 0 Å². The van der Waals surface area contributed by atoms with E-state index in [1.807, 2.05) is 0 Å². The summed E-state index contributed by atoms with van der Waals surface area (Å²) in [5.74, 6) is -0.0271. The SMILES string of the molecule is Nc1c(Oc2ccc(F)cc2)nc[nH]c1=O. The van der Waals surface area contributed by atoms with Crippen molar-refractivity contribution in [1.82, 2.24) is 9.97 Å². The van der Waals surface area contributed by atoms with Gasteiger partial charge in [0.2, 0.25) is 5.88 Å². The second-order valence-corrected chi connectivity index (χ2v) is 3.01. The van der Waals surface area contributed by atoms with E-state index in [-0.39, 0.29) is 17.4 Å². The number of nitrogen functional groups attached to an aromatic ring is 1. The fourth-order valence-corrected chi connectivity index (χ4v) is 1.09. The van der Waals surface area contributed by atoms with Gasteiger partial charge >= 0.3 is 0 Å². The van der Waals surface area contributed by atoms with Gasteiger partial charge in [0, 0.05) is 0 Å². The zero-order chi connectivity index (χ0) is 11.5. The molecule has 0 spiro atoms. The van der Waals surface area contributed by atoms with E-state index in [9.17, 15) is 9.18 Å². The van der Waals surface area contributed by atoms with Crippen molar-refractivity contribution in [3.05, 3.63) is 46.8 Å². The van der Waals surface area contributed by atoms with Gasteiger partial charge < -0.3 is 15.5 Å². The lowest BCUT2D eigenvalue weighted by Crippen LogP contribution is -2.13. The highest BCUT2D eigenvalue weighted by Gasteiger charge is 2.06. The lowest BCUT2D eigenvalue weighted by molar-refractivity contribution is 0.462. The Labute approximate surface area is 89.7 Å². The van der Waals surface area contributed by atoms with E-state index in [0.717, 1.165) is 0 Å².